The Morgan fingerprint density at radius 1 is 1.60 bits per heavy atom. The molecule has 0 N–H and O–H groups in total. The molecule has 3 atom stereocenters. The first-order chi connectivity index (χ1) is 7.18. The average molecular weight is 212 g/mol. The van der Waals surface area contributed by atoms with Gasteiger partial charge in [-0.15, -0.1) is 0 Å². The third-order valence-electron chi connectivity index (χ3n) is 3.71. The van der Waals surface area contributed by atoms with Crippen LogP contribution in [0.25, 0.3) is 0 Å². The lowest BCUT2D eigenvalue weighted by atomic mass is 9.79. The Labute approximate surface area is 91.4 Å². The van der Waals surface area contributed by atoms with Crippen LogP contribution in [0.1, 0.15) is 19.8 Å². The smallest absolute Gasteiger partial charge is 0.100 e. The van der Waals surface area contributed by atoms with Gasteiger partial charge >= 0.3 is 0 Å². The average Bonchev–Trinajstić information content (AvgIpc) is 2.54. The molecule has 0 saturated carbocycles. The summed E-state index contributed by atoms with van der Waals surface area (Å²) in [6, 6.07) is 0. The van der Waals surface area contributed by atoms with E-state index in [-0.39, 0.29) is 11.7 Å². The summed E-state index contributed by atoms with van der Waals surface area (Å²) in [5, 5.41) is 0. The van der Waals surface area contributed by atoms with E-state index in [4.69, 9.17) is 14.2 Å². The zero-order chi connectivity index (χ0) is 10.9. The molecule has 0 aromatic heterocycles. The summed E-state index contributed by atoms with van der Waals surface area (Å²) in [4.78, 5) is 0. The van der Waals surface area contributed by atoms with E-state index in [2.05, 4.69) is 13.5 Å². The largest absolute Gasteiger partial charge is 0.385 e. The molecule has 2 fully saturated rings. The van der Waals surface area contributed by atoms with Gasteiger partial charge < -0.3 is 14.2 Å². The van der Waals surface area contributed by atoms with Gasteiger partial charge in [-0.1, -0.05) is 12.2 Å². The summed E-state index contributed by atoms with van der Waals surface area (Å²) in [7, 11) is 1.72. The Morgan fingerprint density at radius 3 is 3.13 bits per heavy atom. The van der Waals surface area contributed by atoms with E-state index in [1.54, 1.807) is 7.11 Å². The van der Waals surface area contributed by atoms with E-state index in [0.29, 0.717) is 5.92 Å². The number of fused-ring (bicyclic) bond motifs is 1. The Hall–Kier alpha value is -0.380. The second-order valence-electron chi connectivity index (χ2n) is 4.60. The summed E-state index contributed by atoms with van der Waals surface area (Å²) in [5.41, 5.74) is 1.11. The molecule has 0 aromatic rings. The maximum Gasteiger partial charge on any atom is 0.100 e. The van der Waals surface area contributed by atoms with Crippen LogP contribution in [-0.4, -0.2) is 38.6 Å². The van der Waals surface area contributed by atoms with Crippen molar-refractivity contribution in [3.63, 3.8) is 0 Å². The second-order valence-corrected chi connectivity index (χ2v) is 4.60. The lowest BCUT2D eigenvalue weighted by molar-refractivity contribution is -0.108. The molecule has 15 heavy (non-hydrogen) atoms. The van der Waals surface area contributed by atoms with E-state index < -0.39 is 0 Å². The zero-order valence-electron chi connectivity index (χ0n) is 9.62. The fraction of sp³-hybridized carbons (Fsp3) is 0.833. The van der Waals surface area contributed by atoms with E-state index in [1.165, 1.54) is 5.57 Å². The van der Waals surface area contributed by atoms with Gasteiger partial charge in [0, 0.05) is 19.6 Å². The van der Waals surface area contributed by atoms with Gasteiger partial charge in [0.25, 0.3) is 0 Å². The van der Waals surface area contributed by atoms with Crippen LogP contribution in [-0.2, 0) is 14.2 Å². The monoisotopic (exact) mass is 212 g/mol. The molecule has 2 aliphatic rings. The second kappa shape index (κ2) is 4.24. The van der Waals surface area contributed by atoms with Gasteiger partial charge in [-0.2, -0.15) is 0 Å². The minimum absolute atomic E-state index is 0.152. The highest BCUT2D eigenvalue weighted by atomic mass is 16.6. The molecular weight excluding hydrogens is 192 g/mol. The summed E-state index contributed by atoms with van der Waals surface area (Å²) >= 11 is 0. The molecule has 0 unspecified atom stereocenters. The first-order valence-electron chi connectivity index (χ1n) is 5.60. The van der Waals surface area contributed by atoms with Gasteiger partial charge in [0.05, 0.1) is 19.3 Å². The number of ether oxygens (including phenoxy) is 3. The summed E-state index contributed by atoms with van der Waals surface area (Å²) in [6.07, 6.45) is 2.02. The molecule has 0 radical (unpaired) electrons. The summed E-state index contributed by atoms with van der Waals surface area (Å²) in [6.45, 7) is 8.53. The van der Waals surface area contributed by atoms with Crippen molar-refractivity contribution in [2.24, 2.45) is 5.92 Å². The minimum atomic E-state index is -0.173. The van der Waals surface area contributed by atoms with Crippen LogP contribution in [0.2, 0.25) is 0 Å². The fourth-order valence-corrected chi connectivity index (χ4v) is 2.66. The topological polar surface area (TPSA) is 27.7 Å². The van der Waals surface area contributed by atoms with E-state index in [1.807, 2.05) is 0 Å². The van der Waals surface area contributed by atoms with Crippen molar-refractivity contribution in [2.75, 3.05) is 26.9 Å². The molecule has 2 rings (SSSR count). The van der Waals surface area contributed by atoms with Crippen LogP contribution in [0.5, 0.6) is 0 Å². The van der Waals surface area contributed by atoms with Gasteiger partial charge in [0.2, 0.25) is 0 Å². The van der Waals surface area contributed by atoms with E-state index in [9.17, 15) is 0 Å². The van der Waals surface area contributed by atoms with Crippen molar-refractivity contribution in [3.8, 4) is 0 Å². The standard InChI is InChI=1S/C12H20O3/c1-9-4-7-15-12(2)10(9)8-14-11(12)5-6-13-3/h10-11H,1,4-8H2,2-3H3/t10-,11+,12+/m1/s1. The Morgan fingerprint density at radius 2 is 2.40 bits per heavy atom. The van der Waals surface area contributed by atoms with E-state index >= 15 is 0 Å². The van der Waals surface area contributed by atoms with Crippen LogP contribution in [0.15, 0.2) is 12.2 Å². The quantitative estimate of drug-likeness (QED) is 0.667. The highest BCUT2D eigenvalue weighted by molar-refractivity contribution is 5.16. The van der Waals surface area contributed by atoms with Gasteiger partial charge in [0.15, 0.2) is 0 Å². The molecule has 0 spiro atoms. The van der Waals surface area contributed by atoms with Crippen LogP contribution < -0.4 is 0 Å². The van der Waals surface area contributed by atoms with Crippen molar-refractivity contribution in [3.05, 3.63) is 12.2 Å². The lowest BCUT2D eigenvalue weighted by Gasteiger charge is -2.39. The fourth-order valence-electron chi connectivity index (χ4n) is 2.66. The molecule has 0 aromatic carbocycles. The van der Waals surface area contributed by atoms with Gasteiger partial charge in [0.1, 0.15) is 5.60 Å². The van der Waals surface area contributed by atoms with Crippen molar-refractivity contribution in [1.82, 2.24) is 0 Å². The Kier molecular flexibility index (Phi) is 3.14. The molecule has 2 aliphatic heterocycles. The van der Waals surface area contributed by atoms with Crippen molar-refractivity contribution in [1.29, 1.82) is 0 Å². The van der Waals surface area contributed by atoms with Crippen LogP contribution in [0, 0.1) is 5.92 Å². The molecule has 3 heteroatoms. The van der Waals surface area contributed by atoms with Crippen molar-refractivity contribution in [2.45, 2.75) is 31.5 Å². The van der Waals surface area contributed by atoms with Crippen LogP contribution in [0.4, 0.5) is 0 Å². The minimum Gasteiger partial charge on any atom is -0.385 e. The van der Waals surface area contributed by atoms with E-state index in [0.717, 1.165) is 32.7 Å². The van der Waals surface area contributed by atoms with Crippen molar-refractivity contribution < 1.29 is 14.2 Å². The first-order valence-corrected chi connectivity index (χ1v) is 5.60. The van der Waals surface area contributed by atoms with Gasteiger partial charge in [-0.25, -0.2) is 0 Å². The third-order valence-corrected chi connectivity index (χ3v) is 3.71. The van der Waals surface area contributed by atoms with Crippen LogP contribution >= 0.6 is 0 Å². The predicted octanol–water partition coefficient (Wildman–Crippen LogP) is 1.77. The predicted molar refractivity (Wildman–Crippen MR) is 57.8 cm³/mol. The maximum atomic E-state index is 5.93. The zero-order valence-corrected chi connectivity index (χ0v) is 9.62. The summed E-state index contributed by atoms with van der Waals surface area (Å²) in [5.74, 6) is 0.369. The van der Waals surface area contributed by atoms with Crippen molar-refractivity contribution >= 4 is 0 Å². The molecular formula is C12H20O3. The highest BCUT2D eigenvalue weighted by Crippen LogP contribution is 2.43. The Balaban J connectivity index is 2.07. The Bertz CT molecular complexity index is 251. The van der Waals surface area contributed by atoms with Gasteiger partial charge in [-0.3, -0.25) is 0 Å². The summed E-state index contributed by atoms with van der Waals surface area (Å²) < 4.78 is 16.8. The molecule has 3 nitrogen and oxygen atoms in total. The molecule has 0 bridgehead atoms. The number of rotatable bonds is 3. The SMILES string of the molecule is C=C1CCO[C@]2(C)[C@H](CCOC)OC[C@H]12. The molecule has 2 saturated heterocycles. The lowest BCUT2D eigenvalue weighted by Crippen LogP contribution is -2.47. The molecule has 86 valence electrons. The normalized spacial score (nSPS) is 40.5. The van der Waals surface area contributed by atoms with Crippen LogP contribution in [0.3, 0.4) is 0 Å². The third kappa shape index (κ3) is 1.84. The molecule has 0 aliphatic carbocycles. The first kappa shape index (κ1) is 11.1. The number of hydrogen-bond donors (Lipinski definition) is 0. The highest BCUT2D eigenvalue weighted by Gasteiger charge is 2.51. The molecule has 2 heterocycles. The molecule has 0 amide bonds. The number of methoxy groups -OCH3 is 1. The van der Waals surface area contributed by atoms with Gasteiger partial charge in [-0.05, 0) is 19.8 Å². The maximum absolute atomic E-state index is 5.93. The number of hydrogen-bond acceptors (Lipinski definition) is 3.